The van der Waals surface area contributed by atoms with Gasteiger partial charge in [-0.25, -0.2) is 12.8 Å². The third-order valence-electron chi connectivity index (χ3n) is 4.42. The zero-order valence-corrected chi connectivity index (χ0v) is 17.8. The molecule has 1 aromatic rings. The van der Waals surface area contributed by atoms with E-state index in [1.54, 1.807) is 7.05 Å². The van der Waals surface area contributed by atoms with Crippen LogP contribution in [0.4, 0.5) is 4.39 Å². The van der Waals surface area contributed by atoms with Crippen LogP contribution in [0.5, 0.6) is 0 Å². The molecule has 0 aromatic heterocycles. The number of sulfone groups is 1. The summed E-state index contributed by atoms with van der Waals surface area (Å²) in [7, 11) is -2.00. The molecule has 2 rings (SSSR count). The molecule has 0 bridgehead atoms. The summed E-state index contributed by atoms with van der Waals surface area (Å²) in [5.41, 5.74) is 0. The van der Waals surface area contributed by atoms with Gasteiger partial charge in [0.25, 0.3) is 0 Å². The van der Waals surface area contributed by atoms with Gasteiger partial charge < -0.3 is 10.6 Å². The maximum absolute atomic E-state index is 13.6. The number of nitrogens with one attached hydrogen (secondary N) is 2. The third kappa shape index (κ3) is 6.73. The fourth-order valence-corrected chi connectivity index (χ4v) is 4.14. The van der Waals surface area contributed by atoms with Crippen molar-refractivity contribution >= 4 is 39.8 Å². The van der Waals surface area contributed by atoms with Crippen molar-refractivity contribution in [2.24, 2.45) is 10.9 Å². The lowest BCUT2D eigenvalue weighted by atomic mass is 9.87. The Morgan fingerprint density at radius 1 is 1.24 bits per heavy atom. The molecule has 1 aliphatic rings. The van der Waals surface area contributed by atoms with Crippen LogP contribution in [-0.4, -0.2) is 39.8 Å². The number of hydrogen-bond acceptors (Lipinski definition) is 3. The predicted octanol–water partition coefficient (Wildman–Crippen LogP) is 2.96. The molecule has 1 saturated carbocycles. The van der Waals surface area contributed by atoms with Crippen molar-refractivity contribution in [1.29, 1.82) is 0 Å². The van der Waals surface area contributed by atoms with Gasteiger partial charge in [-0.2, -0.15) is 0 Å². The summed E-state index contributed by atoms with van der Waals surface area (Å²) >= 11 is 0. The topological polar surface area (TPSA) is 70.6 Å². The van der Waals surface area contributed by atoms with Crippen LogP contribution in [0.25, 0.3) is 0 Å². The van der Waals surface area contributed by atoms with Crippen molar-refractivity contribution in [3.05, 3.63) is 30.1 Å². The highest BCUT2D eigenvalue weighted by atomic mass is 127. The predicted molar refractivity (Wildman–Crippen MR) is 110 cm³/mol. The maximum atomic E-state index is 13.6. The Hall–Kier alpha value is -0.900. The van der Waals surface area contributed by atoms with E-state index in [0.29, 0.717) is 12.0 Å². The SMILES string of the molecule is CN=C(NCCS(=O)(=O)c1ccccc1F)NC1CCC(C)CC1.I. The van der Waals surface area contributed by atoms with Gasteiger partial charge in [0.05, 0.1) is 5.75 Å². The molecule has 0 saturated heterocycles. The van der Waals surface area contributed by atoms with E-state index in [1.165, 1.54) is 31.0 Å². The largest absolute Gasteiger partial charge is 0.355 e. The van der Waals surface area contributed by atoms with Crippen molar-refractivity contribution < 1.29 is 12.8 Å². The molecule has 8 heteroatoms. The van der Waals surface area contributed by atoms with Gasteiger partial charge >= 0.3 is 0 Å². The molecule has 1 fully saturated rings. The minimum Gasteiger partial charge on any atom is -0.355 e. The van der Waals surface area contributed by atoms with E-state index >= 15 is 0 Å². The molecule has 5 nitrogen and oxygen atoms in total. The van der Waals surface area contributed by atoms with E-state index in [9.17, 15) is 12.8 Å². The second-order valence-electron chi connectivity index (χ2n) is 6.35. The Kier molecular flexibility index (Phi) is 9.12. The molecule has 0 amide bonds. The Bertz CT molecular complexity index is 674. The van der Waals surface area contributed by atoms with E-state index in [1.807, 2.05) is 0 Å². The lowest BCUT2D eigenvalue weighted by Gasteiger charge is -2.28. The first-order chi connectivity index (χ1) is 11.4. The fraction of sp³-hybridized carbons (Fsp3) is 0.588. The minimum absolute atomic E-state index is 0. The smallest absolute Gasteiger partial charge is 0.191 e. The Labute approximate surface area is 166 Å². The van der Waals surface area contributed by atoms with Gasteiger partial charge in [0.1, 0.15) is 10.7 Å². The molecular formula is C17H27FIN3O2S. The van der Waals surface area contributed by atoms with Crippen LogP contribution < -0.4 is 10.6 Å². The minimum atomic E-state index is -3.66. The van der Waals surface area contributed by atoms with E-state index in [-0.39, 0.29) is 41.2 Å². The maximum Gasteiger partial charge on any atom is 0.191 e. The average molecular weight is 483 g/mol. The Morgan fingerprint density at radius 2 is 1.88 bits per heavy atom. The summed E-state index contributed by atoms with van der Waals surface area (Å²) in [4.78, 5) is 3.88. The summed E-state index contributed by atoms with van der Waals surface area (Å²) in [6.07, 6.45) is 4.57. The summed E-state index contributed by atoms with van der Waals surface area (Å²) in [6.45, 7) is 2.44. The number of aliphatic imine (C=N–C) groups is 1. The number of nitrogens with zero attached hydrogens (tertiary/aromatic N) is 1. The van der Waals surface area contributed by atoms with Gasteiger partial charge in [-0.15, -0.1) is 24.0 Å². The van der Waals surface area contributed by atoms with Gasteiger partial charge in [-0.1, -0.05) is 19.1 Å². The van der Waals surface area contributed by atoms with E-state index in [2.05, 4.69) is 22.5 Å². The standard InChI is InChI=1S/C17H26FN3O2S.HI/c1-13-7-9-14(10-8-13)21-17(19-2)20-11-12-24(22,23)16-6-4-3-5-15(16)18;/h3-6,13-14H,7-12H2,1-2H3,(H2,19,20,21);1H. The summed E-state index contributed by atoms with van der Waals surface area (Å²) in [5, 5.41) is 6.34. The van der Waals surface area contributed by atoms with Gasteiger partial charge in [0.2, 0.25) is 0 Å². The van der Waals surface area contributed by atoms with Crippen molar-refractivity contribution in [3.63, 3.8) is 0 Å². The zero-order valence-electron chi connectivity index (χ0n) is 14.7. The molecule has 0 radical (unpaired) electrons. The molecule has 0 heterocycles. The van der Waals surface area contributed by atoms with Gasteiger partial charge in [-0.3, -0.25) is 4.99 Å². The van der Waals surface area contributed by atoms with Crippen molar-refractivity contribution in [3.8, 4) is 0 Å². The van der Waals surface area contributed by atoms with E-state index < -0.39 is 15.7 Å². The lowest BCUT2D eigenvalue weighted by molar-refractivity contribution is 0.329. The van der Waals surface area contributed by atoms with Crippen LogP contribution in [0.15, 0.2) is 34.2 Å². The number of halogens is 2. The highest BCUT2D eigenvalue weighted by molar-refractivity contribution is 14.0. The van der Waals surface area contributed by atoms with Gasteiger partial charge in [-0.05, 0) is 43.7 Å². The van der Waals surface area contributed by atoms with Crippen LogP contribution in [0, 0.1) is 11.7 Å². The summed E-state index contributed by atoms with van der Waals surface area (Å²) < 4.78 is 38.1. The summed E-state index contributed by atoms with van der Waals surface area (Å²) in [6, 6.07) is 5.82. The van der Waals surface area contributed by atoms with Crippen LogP contribution in [-0.2, 0) is 9.84 Å². The quantitative estimate of drug-likeness (QED) is 0.384. The second kappa shape index (κ2) is 10.3. The highest BCUT2D eigenvalue weighted by Gasteiger charge is 2.20. The first-order valence-corrected chi connectivity index (χ1v) is 10.0. The van der Waals surface area contributed by atoms with Crippen molar-refractivity contribution in [2.75, 3.05) is 19.3 Å². The number of guanidine groups is 1. The normalized spacial score (nSPS) is 21.3. The summed E-state index contributed by atoms with van der Waals surface area (Å²) in [5.74, 6) is 0.467. The molecular weight excluding hydrogens is 456 g/mol. The third-order valence-corrected chi connectivity index (χ3v) is 6.16. The van der Waals surface area contributed by atoms with Gasteiger partial charge in [0, 0.05) is 19.6 Å². The lowest BCUT2D eigenvalue weighted by Crippen LogP contribution is -2.45. The molecule has 0 unspecified atom stereocenters. The molecule has 25 heavy (non-hydrogen) atoms. The molecule has 1 aromatic carbocycles. The Balaban J connectivity index is 0.00000312. The second-order valence-corrected chi connectivity index (χ2v) is 8.43. The van der Waals surface area contributed by atoms with Crippen LogP contribution >= 0.6 is 24.0 Å². The van der Waals surface area contributed by atoms with Crippen LogP contribution in [0.1, 0.15) is 32.6 Å². The first-order valence-electron chi connectivity index (χ1n) is 8.37. The monoisotopic (exact) mass is 483 g/mol. The van der Waals surface area contributed by atoms with Gasteiger partial charge in [0.15, 0.2) is 15.8 Å². The fourth-order valence-electron chi connectivity index (χ4n) is 2.90. The molecule has 0 atom stereocenters. The molecule has 142 valence electrons. The number of benzene rings is 1. The average Bonchev–Trinajstić information content (AvgIpc) is 2.56. The van der Waals surface area contributed by atoms with Crippen molar-refractivity contribution in [1.82, 2.24) is 10.6 Å². The van der Waals surface area contributed by atoms with Crippen molar-refractivity contribution in [2.45, 2.75) is 43.5 Å². The molecule has 0 aliphatic heterocycles. The van der Waals surface area contributed by atoms with E-state index in [4.69, 9.17) is 0 Å². The molecule has 0 spiro atoms. The molecule has 2 N–H and O–H groups in total. The Morgan fingerprint density at radius 3 is 2.48 bits per heavy atom. The zero-order chi connectivity index (χ0) is 17.6. The van der Waals surface area contributed by atoms with Crippen LogP contribution in [0.3, 0.4) is 0 Å². The van der Waals surface area contributed by atoms with E-state index in [0.717, 1.165) is 24.8 Å². The molecule has 1 aliphatic carbocycles. The highest BCUT2D eigenvalue weighted by Crippen LogP contribution is 2.23. The first kappa shape index (κ1) is 22.1. The van der Waals surface area contributed by atoms with Crippen LogP contribution in [0.2, 0.25) is 0 Å². The number of rotatable bonds is 5. The number of hydrogen-bond donors (Lipinski definition) is 2.